The molecule has 0 radical (unpaired) electrons. The van der Waals surface area contributed by atoms with Crippen LogP contribution in [0.15, 0.2) is 30.3 Å². The first-order valence-electron chi connectivity index (χ1n) is 4.01. The second-order valence-corrected chi connectivity index (χ2v) is 3.27. The summed E-state index contributed by atoms with van der Waals surface area (Å²) in [5, 5.41) is 2.79. The first kappa shape index (κ1) is 10.5. The molecule has 0 aliphatic carbocycles. The fourth-order valence-corrected chi connectivity index (χ4v) is 1.18. The minimum Gasteiger partial charge on any atom is -0.351 e. The molecule has 1 aromatic rings. The minimum atomic E-state index is -0.0211. The van der Waals surface area contributed by atoms with Gasteiger partial charge in [0, 0.05) is 41.5 Å². The van der Waals surface area contributed by atoms with E-state index in [-0.39, 0.29) is 5.91 Å². The molecule has 4 heteroatoms. The van der Waals surface area contributed by atoms with Crippen LogP contribution in [0.2, 0.25) is 0 Å². The van der Waals surface area contributed by atoms with Gasteiger partial charge in [0.1, 0.15) is 0 Å². The average molecular weight is 290 g/mol. The predicted octanol–water partition coefficient (Wildman–Crippen LogP) is 1.36. The van der Waals surface area contributed by atoms with Crippen molar-refractivity contribution in [2.45, 2.75) is 0 Å². The number of hydrogen-bond donors (Lipinski definition) is 2. The van der Waals surface area contributed by atoms with Gasteiger partial charge in [-0.2, -0.15) is 0 Å². The molecule has 13 heavy (non-hydrogen) atoms. The maximum absolute atomic E-state index is 11.4. The fraction of sp³-hybridized carbons (Fsp3) is 0.222. The molecule has 70 valence electrons. The summed E-state index contributed by atoms with van der Waals surface area (Å²) in [5.74, 6) is -0.0211. The number of benzene rings is 1. The molecule has 3 nitrogen and oxygen atoms in total. The highest BCUT2D eigenvalue weighted by molar-refractivity contribution is 14.1. The zero-order valence-corrected chi connectivity index (χ0v) is 9.24. The predicted molar refractivity (Wildman–Crippen MR) is 60.8 cm³/mol. The van der Waals surface area contributed by atoms with E-state index in [0.29, 0.717) is 12.1 Å². The Morgan fingerprint density at radius 3 is 2.54 bits per heavy atom. The summed E-state index contributed by atoms with van der Waals surface area (Å²) in [7, 11) is 0. The first-order chi connectivity index (χ1) is 6.34. The lowest BCUT2D eigenvalue weighted by Gasteiger charge is -2.03. The number of carbonyl (C=O) groups is 1. The van der Waals surface area contributed by atoms with Crippen molar-refractivity contribution < 1.29 is 4.79 Å². The summed E-state index contributed by atoms with van der Waals surface area (Å²) in [5.41, 5.74) is 0.705. The molecule has 1 rings (SSSR count). The Balaban J connectivity index is 2.40. The van der Waals surface area contributed by atoms with Gasteiger partial charge in [-0.05, 0) is 12.1 Å². The van der Waals surface area contributed by atoms with E-state index in [2.05, 4.69) is 8.85 Å². The topological polar surface area (TPSA) is 41.1 Å². The molecule has 0 atom stereocenters. The van der Waals surface area contributed by atoms with Crippen LogP contribution in [0.25, 0.3) is 0 Å². The standard InChI is InChI=1S/C9H11IN2O/c10-12-7-6-11-9(13)8-4-2-1-3-5-8/h1-5,12H,6-7H2,(H,11,13). The molecule has 0 fully saturated rings. The van der Waals surface area contributed by atoms with Crippen LogP contribution >= 0.6 is 22.9 Å². The van der Waals surface area contributed by atoms with Gasteiger partial charge in [-0.25, -0.2) is 0 Å². The SMILES string of the molecule is O=C(NCCNI)c1ccccc1. The molecule has 1 amide bonds. The van der Waals surface area contributed by atoms with Gasteiger partial charge in [0.25, 0.3) is 5.91 Å². The third-order valence-electron chi connectivity index (χ3n) is 1.54. The summed E-state index contributed by atoms with van der Waals surface area (Å²) in [6.07, 6.45) is 0. The number of amides is 1. The number of hydrogen-bond acceptors (Lipinski definition) is 2. The van der Waals surface area contributed by atoms with Gasteiger partial charge in [0.05, 0.1) is 0 Å². The van der Waals surface area contributed by atoms with Gasteiger partial charge in [-0.3, -0.25) is 8.32 Å². The van der Waals surface area contributed by atoms with Crippen LogP contribution < -0.4 is 8.85 Å². The quantitative estimate of drug-likeness (QED) is 0.499. The molecule has 0 unspecified atom stereocenters. The minimum absolute atomic E-state index is 0.0211. The Bertz CT molecular complexity index is 264. The van der Waals surface area contributed by atoms with E-state index in [4.69, 9.17) is 0 Å². The van der Waals surface area contributed by atoms with Gasteiger partial charge in [-0.15, -0.1) is 0 Å². The van der Waals surface area contributed by atoms with Crippen LogP contribution in [0, 0.1) is 0 Å². The van der Waals surface area contributed by atoms with Crippen LogP contribution in [0.5, 0.6) is 0 Å². The fourth-order valence-electron chi connectivity index (χ4n) is 0.915. The Labute approximate surface area is 91.4 Å². The number of halogens is 1. The lowest BCUT2D eigenvalue weighted by Crippen LogP contribution is -2.28. The maximum atomic E-state index is 11.4. The van der Waals surface area contributed by atoms with Crippen molar-refractivity contribution in [3.63, 3.8) is 0 Å². The highest BCUT2D eigenvalue weighted by Gasteiger charge is 2.01. The van der Waals surface area contributed by atoms with Crippen LogP contribution in [-0.2, 0) is 0 Å². The summed E-state index contributed by atoms with van der Waals surface area (Å²) < 4.78 is 2.93. The summed E-state index contributed by atoms with van der Waals surface area (Å²) in [6.45, 7) is 1.43. The molecule has 0 aromatic heterocycles. The largest absolute Gasteiger partial charge is 0.351 e. The van der Waals surface area contributed by atoms with Crippen molar-refractivity contribution in [3.8, 4) is 0 Å². The Hall–Kier alpha value is -0.620. The Morgan fingerprint density at radius 1 is 1.23 bits per heavy atom. The zero-order valence-electron chi connectivity index (χ0n) is 7.09. The maximum Gasteiger partial charge on any atom is 0.251 e. The second-order valence-electron chi connectivity index (χ2n) is 2.51. The zero-order chi connectivity index (χ0) is 9.52. The Kier molecular flexibility index (Phi) is 4.77. The van der Waals surface area contributed by atoms with Crippen LogP contribution in [0.3, 0.4) is 0 Å². The molecular formula is C9H11IN2O. The Morgan fingerprint density at radius 2 is 1.92 bits per heavy atom. The molecule has 0 bridgehead atoms. The molecular weight excluding hydrogens is 279 g/mol. The average Bonchev–Trinajstić information content (AvgIpc) is 2.19. The number of nitrogens with one attached hydrogen (secondary N) is 2. The van der Waals surface area contributed by atoms with Crippen molar-refractivity contribution in [1.29, 1.82) is 0 Å². The van der Waals surface area contributed by atoms with E-state index in [1.54, 1.807) is 12.1 Å². The van der Waals surface area contributed by atoms with Crippen LogP contribution in [0.4, 0.5) is 0 Å². The van der Waals surface area contributed by atoms with Crippen molar-refractivity contribution in [1.82, 2.24) is 8.85 Å². The van der Waals surface area contributed by atoms with Gasteiger partial charge in [0.2, 0.25) is 0 Å². The highest BCUT2D eigenvalue weighted by atomic mass is 127. The molecule has 0 saturated carbocycles. The molecule has 0 aliphatic heterocycles. The van der Waals surface area contributed by atoms with Crippen molar-refractivity contribution in [3.05, 3.63) is 35.9 Å². The lowest BCUT2D eigenvalue weighted by molar-refractivity contribution is 0.0954. The van der Waals surface area contributed by atoms with Gasteiger partial charge in [-0.1, -0.05) is 18.2 Å². The van der Waals surface area contributed by atoms with Gasteiger partial charge in [0.15, 0.2) is 0 Å². The second kappa shape index (κ2) is 5.93. The monoisotopic (exact) mass is 290 g/mol. The van der Waals surface area contributed by atoms with E-state index in [0.717, 1.165) is 6.54 Å². The van der Waals surface area contributed by atoms with E-state index in [1.165, 1.54) is 0 Å². The number of rotatable bonds is 4. The van der Waals surface area contributed by atoms with Gasteiger partial charge < -0.3 is 5.32 Å². The molecule has 1 aromatic carbocycles. The molecule has 0 heterocycles. The van der Waals surface area contributed by atoms with Crippen molar-refractivity contribution >= 4 is 28.8 Å². The van der Waals surface area contributed by atoms with E-state index in [1.807, 2.05) is 41.1 Å². The van der Waals surface area contributed by atoms with Crippen LogP contribution in [0.1, 0.15) is 10.4 Å². The highest BCUT2D eigenvalue weighted by Crippen LogP contribution is 1.96. The van der Waals surface area contributed by atoms with Crippen molar-refractivity contribution in [2.24, 2.45) is 0 Å². The smallest absolute Gasteiger partial charge is 0.251 e. The summed E-state index contributed by atoms with van der Waals surface area (Å²) in [4.78, 5) is 11.4. The number of carbonyl (C=O) groups excluding carboxylic acids is 1. The van der Waals surface area contributed by atoms with E-state index in [9.17, 15) is 4.79 Å². The van der Waals surface area contributed by atoms with Crippen molar-refractivity contribution in [2.75, 3.05) is 13.1 Å². The van der Waals surface area contributed by atoms with Gasteiger partial charge >= 0.3 is 0 Å². The molecule has 0 aliphatic rings. The lowest BCUT2D eigenvalue weighted by atomic mass is 10.2. The normalized spacial score (nSPS) is 9.62. The first-order valence-corrected chi connectivity index (χ1v) is 5.09. The molecule has 0 spiro atoms. The van der Waals surface area contributed by atoms with Crippen LogP contribution in [-0.4, -0.2) is 19.0 Å². The molecule has 0 saturated heterocycles. The van der Waals surface area contributed by atoms with E-state index < -0.39 is 0 Å². The summed E-state index contributed by atoms with van der Waals surface area (Å²) in [6, 6.07) is 9.19. The summed E-state index contributed by atoms with van der Waals surface area (Å²) >= 11 is 2.05. The third-order valence-corrected chi connectivity index (χ3v) is 2.08. The molecule has 2 N–H and O–H groups in total. The van der Waals surface area contributed by atoms with E-state index >= 15 is 0 Å². The third kappa shape index (κ3) is 3.73.